The lowest BCUT2D eigenvalue weighted by Gasteiger charge is -2.37. The minimum absolute atomic E-state index is 0.176. The van der Waals surface area contributed by atoms with Gasteiger partial charge in [0.1, 0.15) is 5.82 Å². The van der Waals surface area contributed by atoms with Crippen LogP contribution in [0, 0.1) is 5.82 Å². The van der Waals surface area contributed by atoms with Crippen molar-refractivity contribution in [2.75, 3.05) is 26.3 Å². The normalized spacial score (nSPS) is 19.4. The van der Waals surface area contributed by atoms with Crippen molar-refractivity contribution in [3.8, 4) is 0 Å². The van der Waals surface area contributed by atoms with Crippen molar-refractivity contribution in [3.05, 3.63) is 59.1 Å². The van der Waals surface area contributed by atoms with E-state index in [1.165, 1.54) is 16.7 Å². The molecule has 4 rings (SSSR count). The molecular weight excluding hydrogens is 391 g/mol. The fourth-order valence-electron chi connectivity index (χ4n) is 4.64. The molecule has 0 unspecified atom stereocenters. The number of benzene rings is 1. The highest BCUT2D eigenvalue weighted by molar-refractivity contribution is 5.84. The van der Waals surface area contributed by atoms with E-state index in [1.807, 2.05) is 6.07 Å². The lowest BCUT2D eigenvalue weighted by Crippen LogP contribution is -2.44. The number of nitrogens with zero attached hydrogens (tertiary/aromatic N) is 2. The summed E-state index contributed by atoms with van der Waals surface area (Å²) in [7, 11) is 0. The van der Waals surface area contributed by atoms with Crippen molar-refractivity contribution in [2.24, 2.45) is 0 Å². The molecule has 0 N–H and O–H groups in total. The van der Waals surface area contributed by atoms with Crippen molar-refractivity contribution >= 4 is 10.9 Å². The second-order valence-corrected chi connectivity index (χ2v) is 9.22. The van der Waals surface area contributed by atoms with Gasteiger partial charge in [0, 0.05) is 56.1 Å². The Bertz CT molecular complexity index is 955. The van der Waals surface area contributed by atoms with Crippen LogP contribution in [0.15, 0.2) is 47.7 Å². The summed E-state index contributed by atoms with van der Waals surface area (Å²) in [6.45, 7) is 11.4. The molecule has 168 valence electrons. The number of halogens is 1. The predicted molar refractivity (Wildman–Crippen MR) is 123 cm³/mol. The number of ether oxygens (including phenoxy) is 2. The molecule has 2 aliphatic heterocycles. The summed E-state index contributed by atoms with van der Waals surface area (Å²) in [5, 5.41) is 1.02. The van der Waals surface area contributed by atoms with Crippen LogP contribution in [0.25, 0.3) is 10.9 Å². The number of hydrogen-bond donors (Lipinski definition) is 0. The van der Waals surface area contributed by atoms with E-state index < -0.39 is 0 Å². The molecule has 0 aliphatic carbocycles. The fraction of sp³-hybridized carbons (Fsp3) is 0.538. The van der Waals surface area contributed by atoms with Gasteiger partial charge in [-0.1, -0.05) is 23.3 Å². The second-order valence-electron chi connectivity index (χ2n) is 9.22. The van der Waals surface area contributed by atoms with Crippen molar-refractivity contribution < 1.29 is 13.9 Å². The Balaban J connectivity index is 1.46. The van der Waals surface area contributed by atoms with E-state index in [-0.39, 0.29) is 11.6 Å². The van der Waals surface area contributed by atoms with Crippen molar-refractivity contribution in [1.82, 2.24) is 9.47 Å². The molecule has 2 fully saturated rings. The third kappa shape index (κ3) is 5.46. The molecule has 0 bridgehead atoms. The first-order chi connectivity index (χ1) is 14.9. The fourth-order valence-corrected chi connectivity index (χ4v) is 4.64. The summed E-state index contributed by atoms with van der Waals surface area (Å²) in [5.74, 6) is -0.532. The standard InChI is InChI=1S/C26H35FN2O2/c1-20(2)5-4-6-21(3)9-12-29-19-22(24-17-23(27)7-8-25(24)29)18-28-13-10-26(11-14-28)30-15-16-31-26/h5,7-9,17,19H,4,6,10-16,18H2,1-3H3/b21-9+. The Hall–Kier alpha value is -1.95. The quantitative estimate of drug-likeness (QED) is 0.523. The summed E-state index contributed by atoms with van der Waals surface area (Å²) in [6.07, 6.45) is 10.7. The summed E-state index contributed by atoms with van der Waals surface area (Å²) < 4.78 is 28.0. The van der Waals surface area contributed by atoms with Crippen LogP contribution < -0.4 is 0 Å². The molecule has 5 heteroatoms. The molecule has 0 radical (unpaired) electrons. The molecule has 0 amide bonds. The maximum absolute atomic E-state index is 14.0. The highest BCUT2D eigenvalue weighted by Crippen LogP contribution is 2.32. The molecule has 0 atom stereocenters. The second kappa shape index (κ2) is 9.68. The number of likely N-dealkylation sites (tertiary alicyclic amines) is 1. The highest BCUT2D eigenvalue weighted by atomic mass is 19.1. The Morgan fingerprint density at radius 1 is 1.10 bits per heavy atom. The Morgan fingerprint density at radius 3 is 2.55 bits per heavy atom. The van der Waals surface area contributed by atoms with Gasteiger partial charge in [-0.15, -0.1) is 0 Å². The van der Waals surface area contributed by atoms with Gasteiger partial charge >= 0.3 is 0 Å². The monoisotopic (exact) mass is 426 g/mol. The molecule has 1 spiro atoms. The summed E-state index contributed by atoms with van der Waals surface area (Å²) in [4.78, 5) is 2.43. The molecule has 2 aromatic rings. The summed E-state index contributed by atoms with van der Waals surface area (Å²) >= 11 is 0. The predicted octanol–water partition coefficient (Wildman–Crippen LogP) is 5.81. The van der Waals surface area contributed by atoms with E-state index in [2.05, 4.69) is 48.6 Å². The maximum Gasteiger partial charge on any atom is 0.170 e. The van der Waals surface area contributed by atoms with Crippen LogP contribution in [0.2, 0.25) is 0 Å². The Morgan fingerprint density at radius 2 is 1.84 bits per heavy atom. The zero-order valence-electron chi connectivity index (χ0n) is 19.1. The summed E-state index contributed by atoms with van der Waals surface area (Å²) in [5.41, 5.74) is 5.04. The van der Waals surface area contributed by atoms with Crippen LogP contribution >= 0.6 is 0 Å². The van der Waals surface area contributed by atoms with Crippen LogP contribution in [-0.2, 0) is 22.6 Å². The average Bonchev–Trinajstić information content (AvgIpc) is 3.33. The first-order valence-corrected chi connectivity index (χ1v) is 11.5. The van der Waals surface area contributed by atoms with Crippen molar-refractivity contribution in [3.63, 3.8) is 0 Å². The van der Waals surface area contributed by atoms with E-state index in [9.17, 15) is 4.39 Å². The van der Waals surface area contributed by atoms with Gasteiger partial charge in [0.25, 0.3) is 0 Å². The number of allylic oxidation sites excluding steroid dienone is 4. The molecule has 2 aliphatic rings. The SMILES string of the molecule is CC(C)=CCC/C(C)=C/Cn1cc(CN2CCC3(CC2)OCCO3)c2cc(F)ccc21. The minimum atomic E-state index is -0.357. The van der Waals surface area contributed by atoms with Crippen LogP contribution in [0.3, 0.4) is 0 Å². The lowest BCUT2D eigenvalue weighted by molar-refractivity contribution is -0.185. The third-order valence-electron chi connectivity index (χ3n) is 6.48. The van der Waals surface area contributed by atoms with Gasteiger partial charge in [-0.2, -0.15) is 0 Å². The minimum Gasteiger partial charge on any atom is -0.347 e. The first-order valence-electron chi connectivity index (χ1n) is 11.5. The third-order valence-corrected chi connectivity index (χ3v) is 6.48. The molecule has 31 heavy (non-hydrogen) atoms. The zero-order valence-corrected chi connectivity index (χ0v) is 19.1. The highest BCUT2D eigenvalue weighted by Gasteiger charge is 2.39. The van der Waals surface area contributed by atoms with Gasteiger partial charge in [0.05, 0.1) is 13.2 Å². The van der Waals surface area contributed by atoms with Gasteiger partial charge in [-0.3, -0.25) is 4.90 Å². The van der Waals surface area contributed by atoms with Crippen LogP contribution in [0.5, 0.6) is 0 Å². The van der Waals surface area contributed by atoms with E-state index >= 15 is 0 Å². The zero-order chi connectivity index (χ0) is 21.8. The number of rotatable bonds is 7. The molecule has 3 heterocycles. The largest absolute Gasteiger partial charge is 0.347 e. The molecule has 2 saturated heterocycles. The van der Waals surface area contributed by atoms with E-state index in [4.69, 9.17) is 9.47 Å². The smallest absolute Gasteiger partial charge is 0.170 e. The van der Waals surface area contributed by atoms with Gasteiger partial charge in [0.15, 0.2) is 5.79 Å². The van der Waals surface area contributed by atoms with Gasteiger partial charge in [-0.25, -0.2) is 4.39 Å². The van der Waals surface area contributed by atoms with Crippen molar-refractivity contribution in [1.29, 1.82) is 0 Å². The lowest BCUT2D eigenvalue weighted by atomic mass is 10.0. The molecule has 0 saturated carbocycles. The van der Waals surface area contributed by atoms with Gasteiger partial charge in [-0.05, 0) is 57.4 Å². The van der Waals surface area contributed by atoms with Crippen LogP contribution in [-0.4, -0.2) is 41.6 Å². The van der Waals surface area contributed by atoms with E-state index in [0.717, 1.165) is 62.8 Å². The van der Waals surface area contributed by atoms with Crippen LogP contribution in [0.4, 0.5) is 4.39 Å². The average molecular weight is 427 g/mol. The number of aromatic nitrogens is 1. The van der Waals surface area contributed by atoms with Gasteiger partial charge < -0.3 is 14.0 Å². The number of hydrogen-bond acceptors (Lipinski definition) is 3. The van der Waals surface area contributed by atoms with Crippen molar-refractivity contribution in [2.45, 2.75) is 65.3 Å². The number of fused-ring (bicyclic) bond motifs is 1. The maximum atomic E-state index is 14.0. The first kappa shape index (κ1) is 22.3. The molecule has 4 nitrogen and oxygen atoms in total. The molecular formula is C26H35FN2O2. The molecule has 1 aromatic heterocycles. The Kier molecular flexibility index (Phi) is 6.95. The summed E-state index contributed by atoms with van der Waals surface area (Å²) in [6, 6.07) is 5.15. The topological polar surface area (TPSA) is 26.6 Å². The van der Waals surface area contributed by atoms with Gasteiger partial charge in [0.2, 0.25) is 0 Å². The number of piperidine rings is 1. The van der Waals surface area contributed by atoms with E-state index in [0.29, 0.717) is 13.2 Å². The molecule has 1 aromatic carbocycles. The van der Waals surface area contributed by atoms with E-state index in [1.54, 1.807) is 12.1 Å². The van der Waals surface area contributed by atoms with Crippen LogP contribution in [0.1, 0.15) is 52.0 Å². The Labute approximate surface area is 185 Å².